The van der Waals surface area contributed by atoms with Crippen LogP contribution in [-0.2, 0) is 17.8 Å². The van der Waals surface area contributed by atoms with Crippen molar-refractivity contribution in [1.82, 2.24) is 14.0 Å². The quantitative estimate of drug-likeness (QED) is 0.375. The van der Waals surface area contributed by atoms with E-state index in [4.69, 9.17) is 28.6 Å². The Bertz CT molecular complexity index is 1390. The Morgan fingerprint density at radius 1 is 1.06 bits per heavy atom. The van der Waals surface area contributed by atoms with E-state index in [1.165, 1.54) is 4.90 Å². The minimum atomic E-state index is -0.844. The van der Waals surface area contributed by atoms with Crippen molar-refractivity contribution in [2.75, 3.05) is 7.05 Å². The Hall–Kier alpha value is -3.32. The number of aliphatic hydroxyl groups is 1. The van der Waals surface area contributed by atoms with Crippen molar-refractivity contribution in [3.8, 4) is 0 Å². The molecule has 0 saturated carbocycles. The third-order valence-electron chi connectivity index (χ3n) is 5.62. The van der Waals surface area contributed by atoms with Crippen LogP contribution in [0.4, 0.5) is 0 Å². The summed E-state index contributed by atoms with van der Waals surface area (Å²) in [5.41, 5.74) is 3.07. The van der Waals surface area contributed by atoms with Crippen LogP contribution in [0, 0.1) is 5.41 Å². The Morgan fingerprint density at radius 3 is 2.47 bits per heavy atom. The molecule has 1 unspecified atom stereocenters. The maximum absolute atomic E-state index is 12.6. The number of amides is 1. The van der Waals surface area contributed by atoms with Gasteiger partial charge in [-0.15, -0.1) is 0 Å². The largest absolute Gasteiger partial charge is 0.387 e. The molecule has 4 rings (SSSR count). The van der Waals surface area contributed by atoms with Gasteiger partial charge in [-0.1, -0.05) is 71.7 Å². The number of halogens is 2. The topological polar surface area (TPSA) is 74.2 Å². The third-order valence-corrected chi connectivity index (χ3v) is 6.18. The van der Waals surface area contributed by atoms with Crippen molar-refractivity contribution < 1.29 is 9.90 Å². The maximum Gasteiger partial charge on any atom is 0.230 e. The molecule has 34 heavy (non-hydrogen) atoms. The molecule has 0 saturated heterocycles. The number of hydrogen-bond acceptors (Lipinski definition) is 3. The van der Waals surface area contributed by atoms with Gasteiger partial charge in [0.2, 0.25) is 11.5 Å². The molecule has 1 aromatic heterocycles. The predicted octanol–water partition coefficient (Wildman–Crippen LogP) is 5.09. The van der Waals surface area contributed by atoms with Crippen LogP contribution in [0.25, 0.3) is 17.2 Å². The van der Waals surface area contributed by atoms with Crippen LogP contribution in [0.15, 0.2) is 79.0 Å². The summed E-state index contributed by atoms with van der Waals surface area (Å²) in [7, 11) is 1.68. The molecule has 0 radical (unpaired) electrons. The zero-order chi connectivity index (χ0) is 24.2. The second-order valence-corrected chi connectivity index (χ2v) is 8.79. The van der Waals surface area contributed by atoms with Crippen LogP contribution in [0.5, 0.6) is 0 Å². The van der Waals surface area contributed by atoms with E-state index in [1.807, 2.05) is 36.4 Å². The molecule has 6 nitrogen and oxygen atoms in total. The van der Waals surface area contributed by atoms with Crippen molar-refractivity contribution in [3.05, 3.63) is 106 Å². The van der Waals surface area contributed by atoms with Gasteiger partial charge in [-0.2, -0.15) is 0 Å². The number of benzene rings is 3. The van der Waals surface area contributed by atoms with Gasteiger partial charge in [0.05, 0.1) is 35.1 Å². The normalized spacial score (nSPS) is 12.4. The van der Waals surface area contributed by atoms with Crippen LogP contribution >= 0.6 is 23.2 Å². The van der Waals surface area contributed by atoms with E-state index >= 15 is 0 Å². The average molecular weight is 495 g/mol. The van der Waals surface area contributed by atoms with Crippen LogP contribution in [0.1, 0.15) is 17.2 Å². The highest BCUT2D eigenvalue weighted by Crippen LogP contribution is 2.25. The van der Waals surface area contributed by atoms with E-state index in [0.717, 1.165) is 5.56 Å². The SMILES string of the molecule is CN(/C=C/n1c(=N)n(CC(O)c2ccc(Cl)cc2)c2cccc(Cl)c21)C(=O)Cc1ccccc1. The maximum atomic E-state index is 12.6. The molecule has 3 aromatic carbocycles. The fourth-order valence-corrected chi connectivity index (χ4v) is 4.14. The highest BCUT2D eigenvalue weighted by Gasteiger charge is 2.17. The molecule has 4 aromatic rings. The number of para-hydroxylation sites is 1. The Labute approximate surface area is 207 Å². The van der Waals surface area contributed by atoms with Crippen LogP contribution in [0.3, 0.4) is 0 Å². The summed E-state index contributed by atoms with van der Waals surface area (Å²) in [6, 6.07) is 21.9. The summed E-state index contributed by atoms with van der Waals surface area (Å²) in [6.45, 7) is 0.154. The lowest BCUT2D eigenvalue weighted by molar-refractivity contribution is -0.126. The average Bonchev–Trinajstić information content (AvgIpc) is 3.10. The van der Waals surface area contributed by atoms with Gasteiger partial charge in [0.25, 0.3) is 0 Å². The Balaban J connectivity index is 1.64. The number of nitrogens with one attached hydrogen (secondary N) is 1. The lowest BCUT2D eigenvalue weighted by Crippen LogP contribution is -2.26. The number of hydrogen-bond donors (Lipinski definition) is 2. The first kappa shape index (κ1) is 23.8. The molecule has 1 heterocycles. The molecule has 0 aliphatic rings. The first-order valence-electron chi connectivity index (χ1n) is 10.7. The molecule has 174 valence electrons. The van der Waals surface area contributed by atoms with Crippen LogP contribution in [-0.4, -0.2) is 32.1 Å². The van der Waals surface area contributed by atoms with E-state index in [-0.39, 0.29) is 24.5 Å². The number of likely N-dealkylation sites (N-methyl/N-ethyl adjacent to an activating group) is 1. The van der Waals surface area contributed by atoms with Gasteiger partial charge in [0.1, 0.15) is 0 Å². The highest BCUT2D eigenvalue weighted by atomic mass is 35.5. The predicted molar refractivity (Wildman–Crippen MR) is 135 cm³/mol. The first-order chi connectivity index (χ1) is 16.3. The minimum absolute atomic E-state index is 0.0809. The molecular formula is C26H24Cl2N4O2. The van der Waals surface area contributed by atoms with E-state index in [2.05, 4.69) is 0 Å². The summed E-state index contributed by atoms with van der Waals surface area (Å²) >= 11 is 12.5. The summed E-state index contributed by atoms with van der Waals surface area (Å²) in [6.07, 6.45) is 2.69. The number of carbonyl (C=O) groups excluding carboxylic acids is 1. The monoisotopic (exact) mass is 494 g/mol. The zero-order valence-corrected chi connectivity index (χ0v) is 20.0. The van der Waals surface area contributed by atoms with Crippen molar-refractivity contribution in [1.29, 1.82) is 5.41 Å². The van der Waals surface area contributed by atoms with Crippen molar-refractivity contribution in [2.24, 2.45) is 0 Å². The molecule has 0 bridgehead atoms. The lowest BCUT2D eigenvalue weighted by atomic mass is 10.1. The number of nitrogens with zero attached hydrogens (tertiary/aromatic N) is 3. The van der Waals surface area contributed by atoms with Crippen molar-refractivity contribution >= 4 is 46.3 Å². The van der Waals surface area contributed by atoms with Gasteiger partial charge >= 0.3 is 0 Å². The van der Waals surface area contributed by atoms with E-state index in [1.54, 1.807) is 65.0 Å². The number of aliphatic hydroxyl groups excluding tert-OH is 1. The van der Waals surface area contributed by atoms with Gasteiger partial charge in [-0.05, 0) is 35.4 Å². The molecule has 0 aliphatic carbocycles. The smallest absolute Gasteiger partial charge is 0.230 e. The number of imidazole rings is 1. The molecule has 1 atom stereocenters. The van der Waals surface area contributed by atoms with Gasteiger partial charge in [0, 0.05) is 24.5 Å². The van der Waals surface area contributed by atoms with Gasteiger partial charge < -0.3 is 14.6 Å². The third kappa shape index (κ3) is 5.09. The number of carbonyl (C=O) groups is 1. The molecule has 0 spiro atoms. The summed E-state index contributed by atoms with van der Waals surface area (Å²) in [4.78, 5) is 14.1. The Morgan fingerprint density at radius 2 is 1.76 bits per heavy atom. The Kier molecular flexibility index (Phi) is 7.22. The molecule has 0 fully saturated rings. The fourth-order valence-electron chi connectivity index (χ4n) is 3.75. The molecule has 2 N–H and O–H groups in total. The summed E-state index contributed by atoms with van der Waals surface area (Å²) < 4.78 is 3.30. The van der Waals surface area contributed by atoms with E-state index in [0.29, 0.717) is 26.6 Å². The molecular weight excluding hydrogens is 471 g/mol. The van der Waals surface area contributed by atoms with Gasteiger partial charge in [-0.3, -0.25) is 14.8 Å². The fraction of sp³-hybridized carbons (Fsp3) is 0.154. The van der Waals surface area contributed by atoms with Crippen LogP contribution < -0.4 is 5.62 Å². The van der Waals surface area contributed by atoms with E-state index < -0.39 is 6.10 Å². The van der Waals surface area contributed by atoms with E-state index in [9.17, 15) is 9.90 Å². The zero-order valence-electron chi connectivity index (χ0n) is 18.5. The number of aromatic nitrogens is 2. The highest BCUT2D eigenvalue weighted by molar-refractivity contribution is 6.35. The molecule has 1 amide bonds. The molecule has 0 aliphatic heterocycles. The van der Waals surface area contributed by atoms with Crippen molar-refractivity contribution in [3.63, 3.8) is 0 Å². The number of fused-ring (bicyclic) bond motifs is 1. The molecule has 8 heteroatoms. The summed E-state index contributed by atoms with van der Waals surface area (Å²) in [5.74, 6) is -0.0809. The van der Waals surface area contributed by atoms with Crippen LogP contribution in [0.2, 0.25) is 10.0 Å². The van der Waals surface area contributed by atoms with Crippen molar-refractivity contribution in [2.45, 2.75) is 19.1 Å². The standard InChI is InChI=1S/C26H24Cl2N4O2/c1-30(24(34)16-18-6-3-2-4-7-18)14-15-31-25-21(28)8-5-9-22(25)32(26(31)29)17-23(33)19-10-12-20(27)13-11-19/h2-15,23,29,33H,16-17H2,1H3/b15-14+,29-26?. The van der Waals surface area contributed by atoms with Gasteiger partial charge in [-0.25, -0.2) is 0 Å². The summed E-state index contributed by atoms with van der Waals surface area (Å²) in [5, 5.41) is 20.6. The minimum Gasteiger partial charge on any atom is -0.387 e. The number of rotatable bonds is 7. The lowest BCUT2D eigenvalue weighted by Gasteiger charge is -2.13. The second-order valence-electron chi connectivity index (χ2n) is 7.94. The van der Waals surface area contributed by atoms with Gasteiger partial charge in [0.15, 0.2) is 0 Å². The first-order valence-corrected chi connectivity index (χ1v) is 11.5. The second kappa shape index (κ2) is 10.3.